The second-order valence-electron chi connectivity index (χ2n) is 10.2. The maximum Gasteiger partial charge on any atom is 0.172 e. The molecular formula is C37H29IO2P2. The summed E-state index contributed by atoms with van der Waals surface area (Å²) in [6.45, 7) is 2.07. The molecule has 0 saturated carbocycles. The average molecular weight is 694 g/mol. The molecule has 0 radical (unpaired) electrons. The number of aryl methyl sites for hydroxylation is 1. The molecule has 6 aromatic carbocycles. The highest BCUT2D eigenvalue weighted by Crippen LogP contribution is 2.45. The predicted octanol–water partition coefficient (Wildman–Crippen LogP) is 7.55. The van der Waals surface area contributed by atoms with Crippen LogP contribution in [0.4, 0.5) is 0 Å². The van der Waals surface area contributed by atoms with Crippen molar-refractivity contribution in [3.63, 3.8) is 0 Å². The normalized spacial score (nSPS) is 11.8. The van der Waals surface area contributed by atoms with Crippen LogP contribution >= 0.6 is 36.9 Å². The zero-order valence-electron chi connectivity index (χ0n) is 23.1. The first kappa shape index (κ1) is 28.6. The van der Waals surface area contributed by atoms with Gasteiger partial charge in [-0.3, -0.25) is 0 Å². The molecule has 42 heavy (non-hydrogen) atoms. The lowest BCUT2D eigenvalue weighted by Gasteiger charge is -2.23. The summed E-state index contributed by atoms with van der Waals surface area (Å²) in [5, 5.41) is 4.92. The standard InChI is InChI=1S/C37H29IO2P2/c1-28-26-37(42(40,32-18-10-4-11-19-32)33-20-12-5-13-21-33)36(38)27-35(28)29-22-24-34(25-23-29)41(39,30-14-6-2-7-15-30)31-16-8-3-9-17-31/h2-27H,1H3. The molecule has 6 rings (SSSR count). The van der Waals surface area contributed by atoms with E-state index in [9.17, 15) is 4.57 Å². The summed E-state index contributed by atoms with van der Waals surface area (Å²) in [4.78, 5) is 0. The Hall–Kier alpha value is -3.49. The van der Waals surface area contributed by atoms with Crippen LogP contribution < -0.4 is 31.8 Å². The van der Waals surface area contributed by atoms with E-state index in [1.807, 2.05) is 133 Å². The molecule has 2 nitrogen and oxygen atoms in total. The van der Waals surface area contributed by atoms with Gasteiger partial charge in [0.1, 0.15) is 0 Å². The number of halogens is 1. The van der Waals surface area contributed by atoms with Gasteiger partial charge in [-0.1, -0.05) is 146 Å². The number of rotatable bonds is 7. The summed E-state index contributed by atoms with van der Waals surface area (Å²) >= 11 is 2.33. The van der Waals surface area contributed by atoms with Crippen molar-refractivity contribution in [1.82, 2.24) is 0 Å². The lowest BCUT2D eigenvalue weighted by atomic mass is 10.0. The first-order chi connectivity index (χ1) is 20.4. The minimum absolute atomic E-state index is 0.797. The molecule has 0 N–H and O–H groups in total. The third-order valence-electron chi connectivity index (χ3n) is 7.65. The maximum absolute atomic E-state index is 15.0. The fraction of sp³-hybridized carbons (Fsp3) is 0.0270. The monoisotopic (exact) mass is 694 g/mol. The Labute approximate surface area is 261 Å². The predicted molar refractivity (Wildman–Crippen MR) is 188 cm³/mol. The second-order valence-corrected chi connectivity index (χ2v) is 16.9. The van der Waals surface area contributed by atoms with Crippen LogP contribution in [0.15, 0.2) is 158 Å². The van der Waals surface area contributed by atoms with Gasteiger partial charge in [-0.15, -0.1) is 0 Å². The minimum atomic E-state index is -3.09. The van der Waals surface area contributed by atoms with E-state index in [4.69, 9.17) is 0 Å². The third-order valence-corrected chi connectivity index (χ3v) is 15.1. The Kier molecular flexibility index (Phi) is 8.19. The van der Waals surface area contributed by atoms with Gasteiger partial charge in [-0.2, -0.15) is 0 Å². The Morgan fingerprint density at radius 1 is 0.452 bits per heavy atom. The molecule has 0 aliphatic carbocycles. The Morgan fingerprint density at radius 3 is 1.21 bits per heavy atom. The Balaban J connectivity index is 1.44. The van der Waals surface area contributed by atoms with Crippen LogP contribution in [0.1, 0.15) is 5.56 Å². The van der Waals surface area contributed by atoms with Crippen LogP contribution in [0.5, 0.6) is 0 Å². The third kappa shape index (κ3) is 5.15. The van der Waals surface area contributed by atoms with Crippen molar-refractivity contribution in [2.75, 3.05) is 0 Å². The maximum atomic E-state index is 15.0. The molecule has 0 heterocycles. The van der Waals surface area contributed by atoms with Gasteiger partial charge >= 0.3 is 0 Å². The van der Waals surface area contributed by atoms with Crippen molar-refractivity contribution in [3.8, 4) is 11.1 Å². The lowest BCUT2D eigenvalue weighted by Crippen LogP contribution is -2.27. The summed E-state index contributed by atoms with van der Waals surface area (Å²) in [6.07, 6.45) is 0. The van der Waals surface area contributed by atoms with Gasteiger partial charge in [0.2, 0.25) is 0 Å². The smallest absolute Gasteiger partial charge is 0.172 e. The van der Waals surface area contributed by atoms with Crippen molar-refractivity contribution in [1.29, 1.82) is 0 Å². The summed E-state index contributed by atoms with van der Waals surface area (Å²) in [7, 11) is -6.14. The van der Waals surface area contributed by atoms with E-state index in [1.54, 1.807) is 0 Å². The van der Waals surface area contributed by atoms with E-state index in [0.29, 0.717) is 0 Å². The van der Waals surface area contributed by atoms with Gasteiger partial charge in [0.05, 0.1) is 0 Å². The zero-order chi connectivity index (χ0) is 29.2. The molecule has 0 amide bonds. The van der Waals surface area contributed by atoms with Crippen molar-refractivity contribution < 1.29 is 9.13 Å². The fourth-order valence-corrected chi connectivity index (χ4v) is 12.4. The van der Waals surface area contributed by atoms with Crippen LogP contribution in [0.25, 0.3) is 11.1 Å². The van der Waals surface area contributed by atoms with E-state index in [2.05, 4.69) is 53.8 Å². The molecule has 0 aliphatic heterocycles. The average Bonchev–Trinajstić information content (AvgIpc) is 3.06. The van der Waals surface area contributed by atoms with Gasteiger partial charge in [0.15, 0.2) is 14.3 Å². The zero-order valence-corrected chi connectivity index (χ0v) is 27.0. The second kappa shape index (κ2) is 12.0. The van der Waals surface area contributed by atoms with Crippen molar-refractivity contribution in [3.05, 3.63) is 167 Å². The first-order valence-corrected chi connectivity index (χ1v) is 18.3. The highest BCUT2D eigenvalue weighted by molar-refractivity contribution is 14.1. The van der Waals surface area contributed by atoms with Gasteiger partial charge in [0.25, 0.3) is 0 Å². The van der Waals surface area contributed by atoms with Crippen LogP contribution in [-0.2, 0) is 9.13 Å². The quantitative estimate of drug-likeness (QED) is 0.128. The number of benzene rings is 6. The molecular weight excluding hydrogens is 665 g/mol. The van der Waals surface area contributed by atoms with Crippen LogP contribution in [0.3, 0.4) is 0 Å². The molecule has 5 heteroatoms. The van der Waals surface area contributed by atoms with Crippen LogP contribution in [0, 0.1) is 10.5 Å². The molecule has 0 spiro atoms. The van der Waals surface area contributed by atoms with Crippen LogP contribution in [-0.4, -0.2) is 0 Å². The van der Waals surface area contributed by atoms with Gasteiger partial charge in [-0.25, -0.2) is 0 Å². The highest BCUT2D eigenvalue weighted by Gasteiger charge is 2.33. The molecule has 0 aromatic heterocycles. The SMILES string of the molecule is Cc1cc(P(=O)(c2ccccc2)c2ccccc2)c(I)cc1-c1ccc(P(=O)(c2ccccc2)c2ccccc2)cc1. The minimum Gasteiger partial charge on any atom is -0.309 e. The van der Waals surface area contributed by atoms with E-state index in [1.165, 1.54) is 0 Å². The largest absolute Gasteiger partial charge is 0.309 e. The summed E-state index contributed by atoms with van der Waals surface area (Å²) < 4.78 is 30.8. The topological polar surface area (TPSA) is 34.1 Å². The lowest BCUT2D eigenvalue weighted by molar-refractivity contribution is 0.591. The van der Waals surface area contributed by atoms with Gasteiger partial charge in [-0.05, 0) is 58.3 Å². The Morgan fingerprint density at radius 2 is 0.810 bits per heavy atom. The summed E-state index contributed by atoms with van der Waals surface area (Å²) in [6, 6.07) is 51.3. The van der Waals surface area contributed by atoms with E-state index in [0.717, 1.165) is 52.1 Å². The molecule has 0 atom stereocenters. The van der Waals surface area contributed by atoms with Crippen molar-refractivity contribution in [2.24, 2.45) is 0 Å². The fourth-order valence-electron chi connectivity index (χ4n) is 5.50. The Bertz CT molecular complexity index is 1840. The molecule has 6 aromatic rings. The molecule has 0 aliphatic rings. The van der Waals surface area contributed by atoms with Gasteiger partial charge < -0.3 is 9.13 Å². The number of hydrogen-bond donors (Lipinski definition) is 0. The molecule has 0 unspecified atom stereocenters. The van der Waals surface area contributed by atoms with Crippen molar-refractivity contribution in [2.45, 2.75) is 6.92 Å². The van der Waals surface area contributed by atoms with E-state index in [-0.39, 0.29) is 0 Å². The number of hydrogen-bond acceptors (Lipinski definition) is 2. The van der Waals surface area contributed by atoms with Gasteiger partial charge in [0, 0.05) is 35.4 Å². The first-order valence-electron chi connectivity index (χ1n) is 13.8. The molecule has 206 valence electrons. The van der Waals surface area contributed by atoms with E-state index < -0.39 is 14.3 Å². The summed E-state index contributed by atoms with van der Waals surface area (Å²) in [5.74, 6) is 0. The highest BCUT2D eigenvalue weighted by atomic mass is 127. The van der Waals surface area contributed by atoms with Crippen LogP contribution in [0.2, 0.25) is 0 Å². The molecule has 0 fully saturated rings. The summed E-state index contributed by atoms with van der Waals surface area (Å²) in [5.41, 5.74) is 3.14. The van der Waals surface area contributed by atoms with Crippen molar-refractivity contribution >= 4 is 68.7 Å². The molecule has 0 bridgehead atoms. The van der Waals surface area contributed by atoms with E-state index >= 15 is 4.57 Å². The molecule has 0 saturated heterocycles.